The Balaban J connectivity index is 1.25. The molecule has 0 spiro atoms. The predicted octanol–water partition coefficient (Wildman–Crippen LogP) is 8.30. The van der Waals surface area contributed by atoms with E-state index in [-0.39, 0.29) is 24.8 Å². The summed E-state index contributed by atoms with van der Waals surface area (Å²) in [5, 5.41) is 0. The lowest BCUT2D eigenvalue weighted by Gasteiger charge is -2.46. The minimum Gasteiger partial charge on any atom is -0.493 e. The summed E-state index contributed by atoms with van der Waals surface area (Å²) in [6, 6.07) is 46.8. The fourth-order valence-corrected chi connectivity index (χ4v) is 6.80. The number of hydrogen-bond donors (Lipinski definition) is 2. The zero-order valence-corrected chi connectivity index (χ0v) is 34.4. The third-order valence-corrected chi connectivity index (χ3v) is 13.1. The van der Waals surface area contributed by atoms with Crippen molar-refractivity contribution in [3.8, 4) is 5.75 Å². The molecule has 2 N–H and O–H groups in total. The van der Waals surface area contributed by atoms with Crippen LogP contribution in [-0.4, -0.2) is 63.0 Å². The number of hydrazine groups is 1. The first-order valence-electron chi connectivity index (χ1n) is 18.6. The molecule has 9 nitrogen and oxygen atoms in total. The molecule has 0 aliphatic carbocycles. The fourth-order valence-electron chi connectivity index (χ4n) is 6.10. The first-order chi connectivity index (χ1) is 27.4. The van der Waals surface area contributed by atoms with E-state index in [2.05, 4.69) is 39.8 Å². The van der Waals surface area contributed by atoms with Crippen LogP contribution in [0.25, 0.3) is 0 Å². The van der Waals surface area contributed by atoms with Crippen LogP contribution in [0.15, 0.2) is 146 Å². The van der Waals surface area contributed by atoms with Gasteiger partial charge in [0.15, 0.2) is 6.23 Å². The minimum absolute atomic E-state index is 0.195. The van der Waals surface area contributed by atoms with Crippen LogP contribution in [0.3, 0.4) is 0 Å². The first-order valence-corrected chi connectivity index (χ1v) is 22.9. The molecule has 7 atom stereocenters. The van der Waals surface area contributed by atoms with Crippen molar-refractivity contribution in [3.05, 3.63) is 173 Å². The maximum Gasteiger partial charge on any atom is 0.265 e. The van der Waals surface area contributed by atoms with Crippen molar-refractivity contribution in [2.45, 2.75) is 69.7 Å². The molecular weight excluding hydrogens is 837 g/mol. The molecule has 5 aromatic rings. The number of halogens is 1. The maximum absolute atomic E-state index is 13.6. The van der Waals surface area contributed by atoms with Crippen LogP contribution in [0, 0.1) is 0 Å². The number of benzene rings is 5. The van der Waals surface area contributed by atoms with Gasteiger partial charge in [0, 0.05) is 11.2 Å². The third-order valence-electron chi connectivity index (χ3n) is 9.24. The van der Waals surface area contributed by atoms with Crippen molar-refractivity contribution in [1.29, 1.82) is 0 Å². The van der Waals surface area contributed by atoms with E-state index in [9.17, 15) is 4.79 Å². The second-order valence-corrected chi connectivity index (χ2v) is 18.4. The predicted molar refractivity (Wildman–Crippen MR) is 229 cm³/mol. The molecule has 0 aromatic heterocycles. The van der Waals surface area contributed by atoms with Gasteiger partial charge in [0.1, 0.15) is 37.7 Å². The van der Waals surface area contributed by atoms with Crippen LogP contribution in [0.2, 0.25) is 0 Å². The maximum atomic E-state index is 13.6. The Hall–Kier alpha value is -3.65. The lowest BCUT2D eigenvalue weighted by atomic mass is 9.97. The average Bonchev–Trinajstić information content (AvgIpc) is 3.24. The Bertz CT molecular complexity index is 1870. The Kier molecular flexibility index (Phi) is 16.7. The van der Waals surface area contributed by atoms with Gasteiger partial charge >= 0.3 is 0 Å². The van der Waals surface area contributed by atoms with Gasteiger partial charge in [0.05, 0.1) is 39.6 Å². The molecule has 6 rings (SSSR count). The van der Waals surface area contributed by atoms with E-state index in [1.165, 1.54) is 0 Å². The van der Waals surface area contributed by atoms with E-state index >= 15 is 0 Å². The smallest absolute Gasteiger partial charge is 0.265 e. The van der Waals surface area contributed by atoms with Crippen LogP contribution in [0.5, 0.6) is 5.75 Å². The highest BCUT2D eigenvalue weighted by molar-refractivity contribution is 14.2. The van der Waals surface area contributed by atoms with Crippen LogP contribution < -0.4 is 15.6 Å². The second kappa shape index (κ2) is 22.3. The van der Waals surface area contributed by atoms with Crippen LogP contribution in [-0.2, 0) is 50.1 Å². The van der Waals surface area contributed by atoms with E-state index in [1.54, 1.807) is 24.3 Å². The monoisotopic (exact) mass is 884 g/mol. The van der Waals surface area contributed by atoms with Gasteiger partial charge in [-0.15, -0.1) is 0 Å². The van der Waals surface area contributed by atoms with Gasteiger partial charge < -0.3 is 28.4 Å². The molecule has 5 aromatic carbocycles. The number of carbonyl (C=O) groups is 1. The number of hydrogen-bond acceptors (Lipinski definition) is 8. The number of ether oxygens (including phenoxy) is 6. The highest BCUT2D eigenvalue weighted by Gasteiger charge is 2.48. The molecule has 0 bridgehead atoms. The zero-order valence-electron chi connectivity index (χ0n) is 31.3. The lowest BCUT2D eigenvalue weighted by Crippen LogP contribution is -2.66. The largest absolute Gasteiger partial charge is 0.493 e. The highest BCUT2D eigenvalue weighted by Crippen LogP contribution is 2.44. The average molecular weight is 885 g/mol. The van der Waals surface area contributed by atoms with Crippen molar-refractivity contribution >= 4 is 41.0 Å². The molecule has 0 saturated carbocycles. The van der Waals surface area contributed by atoms with Crippen LogP contribution >= 0.6 is 27.5 Å². The number of amides is 1. The quantitative estimate of drug-likeness (QED) is 0.0349. The van der Waals surface area contributed by atoms with Gasteiger partial charge in [-0.05, 0) is 46.5 Å². The van der Waals surface area contributed by atoms with Crippen molar-refractivity contribution in [3.63, 3.8) is 0 Å². The molecular formula is C44H47BIN2O7P. The Morgan fingerprint density at radius 3 is 1.64 bits per heavy atom. The molecule has 1 aliphatic heterocycles. The molecule has 2 radical (unpaired) electrons. The van der Waals surface area contributed by atoms with Gasteiger partial charge in [-0.1, -0.05) is 156 Å². The summed E-state index contributed by atoms with van der Waals surface area (Å²) in [6.07, 6.45) is -3.44. The second-order valence-electron chi connectivity index (χ2n) is 13.5. The summed E-state index contributed by atoms with van der Waals surface area (Å²) < 4.78 is 39.2. The van der Waals surface area contributed by atoms with E-state index in [0.717, 1.165) is 22.3 Å². The molecule has 56 heavy (non-hydrogen) atoms. The summed E-state index contributed by atoms with van der Waals surface area (Å²) >= 11 is 2.25. The van der Waals surface area contributed by atoms with Gasteiger partial charge in [-0.2, -0.15) is 0 Å². The van der Waals surface area contributed by atoms with E-state index in [1.807, 2.05) is 121 Å². The Morgan fingerprint density at radius 1 is 0.679 bits per heavy atom. The van der Waals surface area contributed by atoms with Crippen LogP contribution in [0.4, 0.5) is 0 Å². The normalized spacial score (nSPS) is 20.5. The standard InChI is InChI=1S/C44H47BIN2O7P/c1-32(56(45)46)26-51-38-24-22-37(23-25-38)43(49)47-48-44-42(54-30-36-20-12-5-13-21-36)41(53-29-35-18-10-4-11-19-35)40(52-28-34-16-8-3-9-17-34)39(55-44)31-50-27-33-14-6-2-7-15-33/h2-25,32,39-42,44,48H,26-31H2,1H3,(H,47,49). The van der Waals surface area contributed by atoms with Crippen molar-refractivity contribution in [2.24, 2.45) is 0 Å². The molecule has 1 amide bonds. The summed E-state index contributed by atoms with van der Waals surface area (Å²) in [4.78, 5) is 13.6. The summed E-state index contributed by atoms with van der Waals surface area (Å²) in [6.45, 7) is 4.04. The third kappa shape index (κ3) is 12.9. The highest BCUT2D eigenvalue weighted by atomic mass is 127. The van der Waals surface area contributed by atoms with Gasteiger partial charge in [0.25, 0.3) is 5.91 Å². The molecule has 1 heterocycles. The zero-order chi connectivity index (χ0) is 39.0. The number of rotatable bonds is 20. The van der Waals surface area contributed by atoms with Crippen molar-refractivity contribution in [1.82, 2.24) is 10.9 Å². The summed E-state index contributed by atoms with van der Waals surface area (Å²) in [7, 11) is 6.04. The minimum atomic E-state index is -0.853. The van der Waals surface area contributed by atoms with Crippen LogP contribution in [0.1, 0.15) is 39.5 Å². The first kappa shape index (κ1) is 42.0. The molecule has 12 heteroatoms. The fraction of sp³-hybridized carbons (Fsp3) is 0.295. The van der Waals surface area contributed by atoms with E-state index in [0.29, 0.717) is 37.7 Å². The summed E-state index contributed by atoms with van der Waals surface area (Å²) in [5.41, 5.74) is 10.1. The van der Waals surface area contributed by atoms with Crippen molar-refractivity contribution in [2.75, 3.05) is 13.2 Å². The molecule has 1 aliphatic rings. The Morgan fingerprint density at radius 2 is 1.14 bits per heavy atom. The van der Waals surface area contributed by atoms with Crippen molar-refractivity contribution < 1.29 is 33.2 Å². The molecule has 1 fully saturated rings. The molecule has 7 unspecified atom stereocenters. The van der Waals surface area contributed by atoms with Gasteiger partial charge in [-0.25, -0.2) is 5.43 Å². The topological polar surface area (TPSA) is 96.5 Å². The SMILES string of the molecule is [B]P(I)C(C)COc1ccc(C(=O)NNC2OC(COCc3ccccc3)C(OCc3ccccc3)C(OCc3ccccc3)C2OCc2ccccc2)cc1. The summed E-state index contributed by atoms with van der Waals surface area (Å²) in [5.74, 6) is 0.312. The molecule has 290 valence electrons. The van der Waals surface area contributed by atoms with E-state index in [4.69, 9.17) is 36.0 Å². The Labute approximate surface area is 345 Å². The van der Waals surface area contributed by atoms with Gasteiger partial charge in [0.2, 0.25) is 0 Å². The molecule has 1 saturated heterocycles. The number of nitrogens with one attached hydrogen (secondary N) is 2. The lowest BCUT2D eigenvalue weighted by molar-refractivity contribution is -0.279. The van der Waals surface area contributed by atoms with E-state index < -0.39 is 36.1 Å². The number of carbonyl (C=O) groups excluding carboxylic acids is 1. The van der Waals surface area contributed by atoms with Gasteiger partial charge in [-0.3, -0.25) is 10.2 Å².